The highest BCUT2D eigenvalue weighted by Crippen LogP contribution is 2.52. The molecule has 2 heterocycles. The van der Waals surface area contributed by atoms with Gasteiger partial charge in [-0.15, -0.1) is 11.8 Å². The number of fused-ring (bicyclic) bond motifs is 3. The van der Waals surface area contributed by atoms with Gasteiger partial charge in [0.15, 0.2) is 0 Å². The van der Waals surface area contributed by atoms with Gasteiger partial charge in [0.25, 0.3) is 5.56 Å². The lowest BCUT2D eigenvalue weighted by Crippen LogP contribution is -2.29. The zero-order valence-electron chi connectivity index (χ0n) is 17.1. The molecule has 30 heavy (non-hydrogen) atoms. The van der Waals surface area contributed by atoms with Gasteiger partial charge in [-0.3, -0.25) is 4.79 Å². The highest BCUT2D eigenvalue weighted by molar-refractivity contribution is 7.99. The second-order valence-corrected chi connectivity index (χ2v) is 9.61. The van der Waals surface area contributed by atoms with Gasteiger partial charge in [-0.25, -0.2) is 4.79 Å². The van der Waals surface area contributed by atoms with Crippen LogP contribution in [0.1, 0.15) is 60.3 Å². The number of ether oxygens (including phenoxy) is 2. The van der Waals surface area contributed by atoms with Crippen molar-refractivity contribution in [3.8, 4) is 17.0 Å². The average Bonchev–Trinajstić information content (AvgIpc) is 3.52. The number of carboxylic acids is 1. The molecule has 0 radical (unpaired) electrons. The Labute approximate surface area is 184 Å². The van der Waals surface area contributed by atoms with Gasteiger partial charge in [-0.2, -0.15) is 0 Å². The molecule has 160 valence electrons. The normalized spacial score (nSPS) is 18.5. The first kappa shape index (κ1) is 21.3. The summed E-state index contributed by atoms with van der Waals surface area (Å²) in [5.41, 5.74) is 1.88. The molecule has 8 heteroatoms. The molecule has 6 nitrogen and oxygen atoms in total. The van der Waals surface area contributed by atoms with E-state index in [4.69, 9.17) is 21.1 Å². The largest absolute Gasteiger partial charge is 0.489 e. The molecule has 2 aliphatic rings. The molecule has 1 fully saturated rings. The monoisotopic (exact) mass is 449 g/mol. The number of thioether (sulfide) groups is 1. The van der Waals surface area contributed by atoms with Gasteiger partial charge in [0, 0.05) is 41.9 Å². The van der Waals surface area contributed by atoms with Crippen LogP contribution in [0.2, 0.25) is 5.02 Å². The smallest absolute Gasteiger partial charge is 0.341 e. The summed E-state index contributed by atoms with van der Waals surface area (Å²) in [6.45, 7) is 4.59. The Morgan fingerprint density at radius 1 is 1.37 bits per heavy atom. The molecule has 4 rings (SSSR count). The molecule has 0 saturated heterocycles. The quantitative estimate of drug-likeness (QED) is 0.628. The van der Waals surface area contributed by atoms with Gasteiger partial charge in [-0.1, -0.05) is 11.6 Å². The van der Waals surface area contributed by atoms with Crippen LogP contribution in [0.3, 0.4) is 0 Å². The van der Waals surface area contributed by atoms with E-state index < -0.39 is 11.5 Å². The Kier molecular flexibility index (Phi) is 5.88. The Balaban J connectivity index is 1.83. The topological polar surface area (TPSA) is 77.8 Å². The summed E-state index contributed by atoms with van der Waals surface area (Å²) in [6.07, 6.45) is 2.44. The Morgan fingerprint density at radius 2 is 2.10 bits per heavy atom. The van der Waals surface area contributed by atoms with E-state index in [2.05, 4.69) is 0 Å². The van der Waals surface area contributed by atoms with Crippen LogP contribution in [-0.4, -0.2) is 35.5 Å². The summed E-state index contributed by atoms with van der Waals surface area (Å²) in [5, 5.41) is 10.00. The Hall–Kier alpha value is -1.96. The number of carbonyl (C=O) groups is 1. The molecule has 1 aromatic carbocycles. The highest BCUT2D eigenvalue weighted by Gasteiger charge is 2.35. The fraction of sp³-hybridized carbons (Fsp3) is 0.455. The molecule has 0 bridgehead atoms. The molecule has 1 aliphatic carbocycles. The predicted molar refractivity (Wildman–Crippen MR) is 117 cm³/mol. The van der Waals surface area contributed by atoms with Crippen molar-refractivity contribution in [2.75, 3.05) is 13.7 Å². The maximum atomic E-state index is 13.0. The molecular weight excluding hydrogens is 426 g/mol. The zero-order chi connectivity index (χ0) is 21.6. The van der Waals surface area contributed by atoms with Crippen molar-refractivity contribution in [2.45, 2.75) is 55.4 Å². The number of benzene rings is 1. The minimum Gasteiger partial charge on any atom is -0.489 e. The van der Waals surface area contributed by atoms with Crippen LogP contribution in [0.25, 0.3) is 11.3 Å². The highest BCUT2D eigenvalue weighted by atomic mass is 35.5. The molecular formula is C22H24ClNO5S. The van der Waals surface area contributed by atoms with E-state index in [1.54, 1.807) is 23.4 Å². The maximum Gasteiger partial charge on any atom is 0.341 e. The number of hydrogen-bond donors (Lipinski definition) is 1. The maximum absolute atomic E-state index is 13.0. The molecule has 0 spiro atoms. The number of carboxylic acid groups (broad SMARTS) is 1. The van der Waals surface area contributed by atoms with Crippen LogP contribution in [0.5, 0.6) is 5.75 Å². The summed E-state index contributed by atoms with van der Waals surface area (Å²) in [7, 11) is 1.66. The Bertz CT molecular complexity index is 1060. The van der Waals surface area contributed by atoms with Crippen molar-refractivity contribution < 1.29 is 19.4 Å². The SMILES string of the molecule is COCCC(C)Oc1cc2c(cc1Cl)-c1c(cc(C(=O)O)c(=O)n1C1CC1)C(C)S2. The van der Waals surface area contributed by atoms with Crippen LogP contribution in [0.4, 0.5) is 0 Å². The number of aromatic carboxylic acids is 1. The molecule has 0 amide bonds. The lowest BCUT2D eigenvalue weighted by Gasteiger charge is -2.29. The third kappa shape index (κ3) is 3.86. The van der Waals surface area contributed by atoms with Gasteiger partial charge < -0.3 is 19.1 Å². The minimum atomic E-state index is -1.19. The number of nitrogens with zero attached hydrogens (tertiary/aromatic N) is 1. The number of methoxy groups -OCH3 is 1. The van der Waals surface area contributed by atoms with E-state index in [0.717, 1.165) is 41.0 Å². The molecule has 2 aromatic rings. The van der Waals surface area contributed by atoms with Crippen LogP contribution in [0.15, 0.2) is 27.9 Å². The first-order chi connectivity index (χ1) is 14.3. The van der Waals surface area contributed by atoms with Gasteiger partial charge in [0.2, 0.25) is 0 Å². The van der Waals surface area contributed by atoms with Crippen LogP contribution >= 0.6 is 23.4 Å². The van der Waals surface area contributed by atoms with Crippen LogP contribution < -0.4 is 10.3 Å². The number of pyridine rings is 1. The standard InChI is InChI=1S/C22H24ClNO5S/c1-11(6-7-28-3)29-18-10-19-15(9-17(18)23)20-14(12(2)30-19)8-16(22(26)27)21(25)24(20)13-4-5-13/h8-13H,4-7H2,1-3H3,(H,26,27). The fourth-order valence-electron chi connectivity index (χ4n) is 3.81. The Morgan fingerprint density at radius 3 is 2.73 bits per heavy atom. The molecule has 2 atom stereocenters. The van der Waals surface area contributed by atoms with Crippen molar-refractivity contribution >= 4 is 29.3 Å². The number of aromatic nitrogens is 1. The summed E-state index contributed by atoms with van der Waals surface area (Å²) >= 11 is 8.18. The lowest BCUT2D eigenvalue weighted by atomic mass is 9.99. The summed E-state index contributed by atoms with van der Waals surface area (Å²) in [4.78, 5) is 25.6. The number of halogens is 1. The molecule has 1 aromatic heterocycles. The first-order valence-corrected chi connectivity index (χ1v) is 11.3. The van der Waals surface area contributed by atoms with Crippen molar-refractivity contribution in [3.63, 3.8) is 0 Å². The third-order valence-electron chi connectivity index (χ3n) is 5.49. The zero-order valence-corrected chi connectivity index (χ0v) is 18.7. The summed E-state index contributed by atoms with van der Waals surface area (Å²) in [5.74, 6) is -0.586. The van der Waals surface area contributed by atoms with Crippen molar-refractivity contribution in [3.05, 3.63) is 44.7 Å². The van der Waals surface area contributed by atoms with Gasteiger partial charge in [-0.05, 0) is 50.5 Å². The summed E-state index contributed by atoms with van der Waals surface area (Å²) < 4.78 is 12.8. The van der Waals surface area contributed by atoms with E-state index >= 15 is 0 Å². The van der Waals surface area contributed by atoms with Crippen LogP contribution in [-0.2, 0) is 4.74 Å². The molecule has 2 unspecified atom stereocenters. The number of rotatable bonds is 7. The van der Waals surface area contributed by atoms with E-state index in [9.17, 15) is 14.7 Å². The van der Waals surface area contributed by atoms with Gasteiger partial charge >= 0.3 is 5.97 Å². The van der Waals surface area contributed by atoms with Gasteiger partial charge in [0.05, 0.1) is 16.8 Å². The minimum absolute atomic E-state index is 0.00357. The van der Waals surface area contributed by atoms with Crippen molar-refractivity contribution in [2.24, 2.45) is 0 Å². The van der Waals surface area contributed by atoms with Crippen molar-refractivity contribution in [1.29, 1.82) is 0 Å². The van der Waals surface area contributed by atoms with Gasteiger partial charge in [0.1, 0.15) is 11.3 Å². The first-order valence-electron chi connectivity index (χ1n) is 10.0. The van der Waals surface area contributed by atoms with E-state index in [1.807, 2.05) is 26.0 Å². The van der Waals surface area contributed by atoms with Crippen molar-refractivity contribution in [1.82, 2.24) is 4.57 Å². The molecule has 1 N–H and O–H groups in total. The molecule has 1 saturated carbocycles. The van der Waals surface area contributed by atoms with E-state index in [1.165, 1.54) is 6.07 Å². The predicted octanol–water partition coefficient (Wildman–Crippen LogP) is 5.17. The second-order valence-electron chi connectivity index (χ2n) is 7.82. The summed E-state index contributed by atoms with van der Waals surface area (Å²) in [6, 6.07) is 5.34. The molecule has 1 aliphatic heterocycles. The van der Waals surface area contributed by atoms with Crippen LogP contribution in [0, 0.1) is 0 Å². The van der Waals surface area contributed by atoms with E-state index in [-0.39, 0.29) is 23.0 Å². The third-order valence-corrected chi connectivity index (χ3v) is 6.99. The lowest BCUT2D eigenvalue weighted by molar-refractivity contribution is 0.0694. The fourth-order valence-corrected chi connectivity index (χ4v) is 5.16. The second kappa shape index (κ2) is 8.29. The van der Waals surface area contributed by atoms with E-state index in [0.29, 0.717) is 17.4 Å². The average molecular weight is 450 g/mol. The number of hydrogen-bond acceptors (Lipinski definition) is 5.